The largest absolute Gasteiger partial charge is 0.493 e. The predicted octanol–water partition coefficient (Wildman–Crippen LogP) is 5.00. The molecule has 9 nitrogen and oxygen atoms in total. The summed E-state index contributed by atoms with van der Waals surface area (Å²) in [5.41, 5.74) is 3.73. The van der Waals surface area contributed by atoms with Gasteiger partial charge < -0.3 is 20.1 Å². The first-order valence-electron chi connectivity index (χ1n) is 12.0. The van der Waals surface area contributed by atoms with Crippen LogP contribution in [0.15, 0.2) is 71.6 Å². The lowest BCUT2D eigenvalue weighted by atomic mass is 10.1. The van der Waals surface area contributed by atoms with E-state index in [1.165, 1.54) is 7.11 Å². The third-order valence-electron chi connectivity index (χ3n) is 5.74. The molecule has 4 amide bonds. The smallest absolute Gasteiger partial charge is 0.294 e. The van der Waals surface area contributed by atoms with Crippen molar-refractivity contribution in [2.75, 3.05) is 30.9 Å². The molecule has 1 fully saturated rings. The van der Waals surface area contributed by atoms with Crippen molar-refractivity contribution >= 4 is 52.2 Å². The summed E-state index contributed by atoms with van der Waals surface area (Å²) >= 11 is 0.757. The van der Waals surface area contributed by atoms with Gasteiger partial charge in [0.05, 0.1) is 12.0 Å². The fourth-order valence-corrected chi connectivity index (χ4v) is 4.58. The van der Waals surface area contributed by atoms with Gasteiger partial charge in [-0.15, -0.1) is 0 Å². The lowest BCUT2D eigenvalue weighted by molar-refractivity contribution is -0.127. The highest BCUT2D eigenvalue weighted by Gasteiger charge is 2.36. The number of nitrogens with one attached hydrogen (secondary N) is 2. The van der Waals surface area contributed by atoms with Crippen LogP contribution in [0, 0.1) is 13.8 Å². The van der Waals surface area contributed by atoms with Crippen molar-refractivity contribution in [3.63, 3.8) is 0 Å². The van der Waals surface area contributed by atoms with E-state index >= 15 is 0 Å². The van der Waals surface area contributed by atoms with E-state index < -0.39 is 23.6 Å². The average molecular weight is 546 g/mol. The van der Waals surface area contributed by atoms with E-state index in [-0.39, 0.29) is 17.4 Å². The third kappa shape index (κ3) is 7.05. The molecule has 1 heterocycles. The number of hydrogen-bond acceptors (Lipinski definition) is 7. The molecule has 0 aromatic heterocycles. The summed E-state index contributed by atoms with van der Waals surface area (Å²) in [5, 5.41) is 4.97. The SMILES string of the molecule is COc1cc(/C=C2\SC(=O)N(CC(=O)Nc3cc(C)ccc3C)C2=O)ccc1OCC(=O)Nc1ccccc1. The Morgan fingerprint density at radius 2 is 1.69 bits per heavy atom. The Morgan fingerprint density at radius 1 is 0.923 bits per heavy atom. The van der Waals surface area contributed by atoms with Gasteiger partial charge in [-0.1, -0.05) is 36.4 Å². The molecule has 2 N–H and O–H groups in total. The van der Waals surface area contributed by atoms with E-state index in [2.05, 4.69) is 10.6 Å². The molecule has 3 aromatic carbocycles. The number of methoxy groups -OCH3 is 1. The zero-order valence-electron chi connectivity index (χ0n) is 21.6. The Hall–Kier alpha value is -4.57. The van der Waals surface area contributed by atoms with Crippen LogP contribution in [0.5, 0.6) is 11.5 Å². The molecule has 0 atom stereocenters. The highest BCUT2D eigenvalue weighted by molar-refractivity contribution is 8.18. The minimum Gasteiger partial charge on any atom is -0.493 e. The summed E-state index contributed by atoms with van der Waals surface area (Å²) in [7, 11) is 1.46. The number of imide groups is 1. The van der Waals surface area contributed by atoms with Crippen molar-refractivity contribution in [2.24, 2.45) is 0 Å². The zero-order valence-corrected chi connectivity index (χ0v) is 22.5. The summed E-state index contributed by atoms with van der Waals surface area (Å²) < 4.78 is 11.0. The number of para-hydroxylation sites is 1. The normalized spacial score (nSPS) is 13.9. The van der Waals surface area contributed by atoms with Gasteiger partial charge in [0, 0.05) is 11.4 Å². The number of hydrogen-bond donors (Lipinski definition) is 2. The van der Waals surface area contributed by atoms with Crippen LogP contribution in [-0.4, -0.2) is 48.1 Å². The molecular formula is C29H27N3O6S. The number of carbonyl (C=O) groups excluding carboxylic acids is 4. The molecular weight excluding hydrogens is 518 g/mol. The first kappa shape index (κ1) is 27.5. The molecule has 10 heteroatoms. The molecule has 0 aliphatic carbocycles. The van der Waals surface area contributed by atoms with Crippen LogP contribution in [0.25, 0.3) is 6.08 Å². The highest BCUT2D eigenvalue weighted by atomic mass is 32.2. The number of aryl methyl sites for hydroxylation is 2. The van der Waals surface area contributed by atoms with Gasteiger partial charge in [0.15, 0.2) is 18.1 Å². The van der Waals surface area contributed by atoms with Crippen molar-refractivity contribution in [1.82, 2.24) is 4.90 Å². The van der Waals surface area contributed by atoms with Crippen molar-refractivity contribution in [2.45, 2.75) is 13.8 Å². The second-order valence-corrected chi connectivity index (χ2v) is 9.74. The molecule has 1 saturated heterocycles. The van der Waals surface area contributed by atoms with Gasteiger partial charge in [-0.3, -0.25) is 24.1 Å². The van der Waals surface area contributed by atoms with E-state index in [1.54, 1.807) is 36.4 Å². The first-order valence-corrected chi connectivity index (χ1v) is 12.8. The minimum absolute atomic E-state index is 0.178. The second-order valence-electron chi connectivity index (χ2n) is 8.75. The average Bonchev–Trinajstić information content (AvgIpc) is 3.17. The minimum atomic E-state index is -0.557. The molecule has 39 heavy (non-hydrogen) atoms. The molecule has 4 rings (SSSR count). The van der Waals surface area contributed by atoms with Crippen molar-refractivity contribution < 1.29 is 28.7 Å². The molecule has 1 aliphatic rings. The Morgan fingerprint density at radius 3 is 2.44 bits per heavy atom. The van der Waals surface area contributed by atoms with Crippen molar-refractivity contribution in [3.05, 3.63) is 88.3 Å². The molecule has 1 aliphatic heterocycles. The van der Waals surface area contributed by atoms with E-state index in [1.807, 2.05) is 50.2 Å². The summed E-state index contributed by atoms with van der Waals surface area (Å²) in [6.07, 6.45) is 1.54. The van der Waals surface area contributed by atoms with Gasteiger partial charge in [0.1, 0.15) is 6.54 Å². The molecule has 0 saturated carbocycles. The van der Waals surface area contributed by atoms with Gasteiger partial charge >= 0.3 is 0 Å². The molecule has 0 spiro atoms. The molecule has 0 radical (unpaired) electrons. The van der Waals surface area contributed by atoms with Gasteiger partial charge in [-0.2, -0.15) is 0 Å². The number of anilines is 2. The standard InChI is InChI=1S/C29H27N3O6S/c1-18-9-10-19(2)22(13-18)31-26(33)16-32-28(35)25(39-29(32)36)15-20-11-12-23(24(14-20)37-3)38-17-27(34)30-21-7-5-4-6-8-21/h4-15H,16-17H2,1-3H3,(H,30,34)(H,31,33)/b25-15-. The van der Waals surface area contributed by atoms with Crippen LogP contribution in [0.2, 0.25) is 0 Å². The van der Waals surface area contributed by atoms with Crippen LogP contribution < -0.4 is 20.1 Å². The van der Waals surface area contributed by atoms with Crippen LogP contribution in [-0.2, 0) is 14.4 Å². The maximum atomic E-state index is 12.9. The van der Waals surface area contributed by atoms with E-state index in [0.29, 0.717) is 28.4 Å². The Balaban J connectivity index is 1.39. The summed E-state index contributed by atoms with van der Waals surface area (Å²) in [5.74, 6) is -0.662. The molecule has 3 aromatic rings. The number of thioether (sulfide) groups is 1. The van der Waals surface area contributed by atoms with Crippen molar-refractivity contribution in [1.29, 1.82) is 0 Å². The maximum Gasteiger partial charge on any atom is 0.294 e. The number of benzene rings is 3. The van der Waals surface area contributed by atoms with Gasteiger partial charge in [0.25, 0.3) is 17.1 Å². The van der Waals surface area contributed by atoms with Crippen LogP contribution in [0.3, 0.4) is 0 Å². The number of carbonyl (C=O) groups is 4. The van der Waals surface area contributed by atoms with Crippen LogP contribution >= 0.6 is 11.8 Å². The first-order chi connectivity index (χ1) is 18.7. The van der Waals surface area contributed by atoms with E-state index in [4.69, 9.17) is 9.47 Å². The summed E-state index contributed by atoms with van der Waals surface area (Å²) in [6, 6.07) is 19.6. The third-order valence-corrected chi connectivity index (χ3v) is 6.65. The fourth-order valence-electron chi connectivity index (χ4n) is 3.75. The van der Waals surface area contributed by atoms with E-state index in [9.17, 15) is 19.2 Å². The quantitative estimate of drug-likeness (QED) is 0.364. The number of nitrogens with zero attached hydrogens (tertiary/aromatic N) is 1. The van der Waals surface area contributed by atoms with Gasteiger partial charge in [-0.25, -0.2) is 0 Å². The van der Waals surface area contributed by atoms with Crippen LogP contribution in [0.4, 0.5) is 16.2 Å². The van der Waals surface area contributed by atoms with E-state index in [0.717, 1.165) is 27.8 Å². The Labute approximate surface area is 230 Å². The Bertz CT molecular complexity index is 1450. The molecule has 0 unspecified atom stereocenters. The topological polar surface area (TPSA) is 114 Å². The second kappa shape index (κ2) is 12.3. The molecule has 0 bridgehead atoms. The fraction of sp³-hybridized carbons (Fsp3) is 0.172. The highest BCUT2D eigenvalue weighted by Crippen LogP contribution is 2.34. The zero-order chi connectivity index (χ0) is 27.9. The van der Waals surface area contributed by atoms with Crippen LogP contribution in [0.1, 0.15) is 16.7 Å². The number of rotatable bonds is 9. The predicted molar refractivity (Wildman–Crippen MR) is 151 cm³/mol. The van der Waals surface area contributed by atoms with Gasteiger partial charge in [0.2, 0.25) is 5.91 Å². The lowest BCUT2D eigenvalue weighted by Crippen LogP contribution is -2.36. The number of amides is 4. The monoisotopic (exact) mass is 545 g/mol. The van der Waals surface area contributed by atoms with Gasteiger partial charge in [-0.05, 0) is 78.7 Å². The summed E-state index contributed by atoms with van der Waals surface area (Å²) in [6.45, 7) is 3.15. The molecule has 200 valence electrons. The summed E-state index contributed by atoms with van der Waals surface area (Å²) in [4.78, 5) is 51.3. The Kier molecular flexibility index (Phi) is 8.67. The lowest BCUT2D eigenvalue weighted by Gasteiger charge is -2.14. The number of ether oxygens (including phenoxy) is 2. The maximum absolute atomic E-state index is 12.9. The van der Waals surface area contributed by atoms with Crippen molar-refractivity contribution in [3.8, 4) is 11.5 Å².